The molecule has 84 valence electrons. The fourth-order valence-corrected chi connectivity index (χ4v) is 1.10. The molecule has 0 N–H and O–H groups in total. The highest BCUT2D eigenvalue weighted by atomic mass is 32.1. The van der Waals surface area contributed by atoms with E-state index in [1.807, 2.05) is 0 Å². The largest absolute Gasteiger partial charge is 0.306 e. The molecule has 1 aromatic carbocycles. The van der Waals surface area contributed by atoms with E-state index in [-0.39, 0.29) is 5.56 Å². The van der Waals surface area contributed by atoms with Crippen LogP contribution >= 0.6 is 12.6 Å². The lowest BCUT2D eigenvalue weighted by atomic mass is 10.2. The zero-order valence-corrected chi connectivity index (χ0v) is 8.93. The molecule has 0 saturated carbocycles. The average molecular weight is 243 g/mol. The minimum Gasteiger partial charge on any atom is -0.258 e. The minimum absolute atomic E-state index is 0.185. The normalized spacial score (nSPS) is 9.44. The number of hydrogen-bond acceptors (Lipinski definition) is 3. The molecule has 0 atom stereocenters. The van der Waals surface area contributed by atoms with E-state index >= 15 is 0 Å². The maximum absolute atomic E-state index is 13.1. The van der Waals surface area contributed by atoms with Gasteiger partial charge in [0.25, 0.3) is 0 Å². The fourth-order valence-electron chi connectivity index (χ4n) is 0.987. The van der Waals surface area contributed by atoms with Gasteiger partial charge in [-0.05, 0) is 0 Å². The van der Waals surface area contributed by atoms with E-state index in [0.29, 0.717) is 18.2 Å². The van der Waals surface area contributed by atoms with Crippen LogP contribution in [0.4, 0.5) is 14.5 Å². The van der Waals surface area contributed by atoms with Crippen molar-refractivity contribution in [3.8, 4) is 11.8 Å². The molecule has 0 aromatic heterocycles. The summed E-state index contributed by atoms with van der Waals surface area (Å²) in [7, 11) is 0. The summed E-state index contributed by atoms with van der Waals surface area (Å²) in [6, 6.07) is 1.25. The highest BCUT2D eigenvalue weighted by molar-refractivity contribution is 7.80. The lowest BCUT2D eigenvalue weighted by Gasteiger charge is -1.97. The summed E-state index contributed by atoms with van der Waals surface area (Å²) in [6.07, 6.45) is 0.424. The summed E-state index contributed by atoms with van der Waals surface area (Å²) in [5, 5.41) is 10.4. The molecule has 0 amide bonds. The Hall–Kier alpha value is -1.61. The number of hydrogen-bond donors (Lipinski definition) is 1. The SMILES string of the molecule is O=[N+]([O-])c1cc(C#CCCS)c(F)cc1F. The Labute approximate surface area is 96.0 Å². The topological polar surface area (TPSA) is 43.1 Å². The number of nitrogens with zero attached hydrogens (tertiary/aromatic N) is 1. The predicted molar refractivity (Wildman–Crippen MR) is 58.4 cm³/mol. The molecule has 0 fully saturated rings. The molecule has 3 nitrogen and oxygen atoms in total. The van der Waals surface area contributed by atoms with Crippen molar-refractivity contribution in [2.24, 2.45) is 0 Å². The summed E-state index contributed by atoms with van der Waals surface area (Å²) in [5.41, 5.74) is -0.966. The van der Waals surface area contributed by atoms with Crippen LogP contribution in [-0.2, 0) is 0 Å². The number of benzene rings is 1. The lowest BCUT2D eigenvalue weighted by Crippen LogP contribution is -1.96. The first kappa shape index (κ1) is 12.5. The van der Waals surface area contributed by atoms with Gasteiger partial charge in [0.15, 0.2) is 0 Å². The van der Waals surface area contributed by atoms with Crippen LogP contribution in [0.25, 0.3) is 0 Å². The molecule has 0 aliphatic carbocycles. The van der Waals surface area contributed by atoms with E-state index < -0.39 is 22.2 Å². The average Bonchev–Trinajstić information content (AvgIpc) is 2.21. The highest BCUT2D eigenvalue weighted by Crippen LogP contribution is 2.20. The van der Waals surface area contributed by atoms with Gasteiger partial charge in [-0.3, -0.25) is 10.1 Å². The van der Waals surface area contributed by atoms with Crippen molar-refractivity contribution in [1.29, 1.82) is 0 Å². The third kappa shape index (κ3) is 2.94. The van der Waals surface area contributed by atoms with Crippen LogP contribution < -0.4 is 0 Å². The van der Waals surface area contributed by atoms with Gasteiger partial charge in [0.2, 0.25) is 5.82 Å². The number of nitro benzene ring substituents is 1. The third-order valence-corrected chi connectivity index (χ3v) is 1.92. The third-order valence-electron chi connectivity index (χ3n) is 1.69. The molecule has 1 aromatic rings. The summed E-state index contributed by atoms with van der Waals surface area (Å²) in [6.45, 7) is 0. The fraction of sp³-hybridized carbons (Fsp3) is 0.200. The zero-order valence-electron chi connectivity index (χ0n) is 8.04. The molecule has 1 rings (SSSR count). The van der Waals surface area contributed by atoms with Crippen LogP contribution in [0, 0.1) is 33.6 Å². The van der Waals surface area contributed by atoms with Crippen molar-refractivity contribution < 1.29 is 13.7 Å². The first-order chi connectivity index (χ1) is 7.56. The maximum atomic E-state index is 13.1. The van der Waals surface area contributed by atoms with Crippen LogP contribution in [0.2, 0.25) is 0 Å². The molecule has 0 unspecified atom stereocenters. The van der Waals surface area contributed by atoms with E-state index in [1.165, 1.54) is 0 Å². The van der Waals surface area contributed by atoms with Gasteiger partial charge in [0.1, 0.15) is 5.82 Å². The van der Waals surface area contributed by atoms with E-state index in [0.717, 1.165) is 6.07 Å². The van der Waals surface area contributed by atoms with Gasteiger partial charge in [-0.15, -0.1) is 0 Å². The van der Waals surface area contributed by atoms with Gasteiger partial charge in [-0.25, -0.2) is 4.39 Å². The standard InChI is InChI=1S/C10H7F2NO2S/c11-8-6-9(12)10(13(14)15)5-7(8)3-1-2-4-16/h5-6,16H,2,4H2. The first-order valence-corrected chi connectivity index (χ1v) is 4.92. The second-order valence-electron chi connectivity index (χ2n) is 2.82. The molecule has 0 aliphatic rings. The molecule has 0 saturated heterocycles. The van der Waals surface area contributed by atoms with Crippen LogP contribution in [-0.4, -0.2) is 10.7 Å². The maximum Gasteiger partial charge on any atom is 0.306 e. The van der Waals surface area contributed by atoms with Crippen molar-refractivity contribution in [2.45, 2.75) is 6.42 Å². The molecular formula is C10H7F2NO2S. The number of rotatable bonds is 2. The molecule has 0 spiro atoms. The molecule has 0 bridgehead atoms. The van der Waals surface area contributed by atoms with Gasteiger partial charge in [0, 0.05) is 24.3 Å². The molecule has 0 heterocycles. The lowest BCUT2D eigenvalue weighted by molar-refractivity contribution is -0.387. The summed E-state index contributed by atoms with van der Waals surface area (Å²) < 4.78 is 26.1. The van der Waals surface area contributed by atoms with Crippen molar-refractivity contribution >= 4 is 18.3 Å². The van der Waals surface area contributed by atoms with Gasteiger partial charge < -0.3 is 0 Å². The van der Waals surface area contributed by atoms with E-state index in [2.05, 4.69) is 24.5 Å². The number of nitro groups is 1. The van der Waals surface area contributed by atoms with Gasteiger partial charge in [0.05, 0.1) is 10.5 Å². The summed E-state index contributed by atoms with van der Waals surface area (Å²) in [5.74, 6) is 3.34. The quantitative estimate of drug-likeness (QED) is 0.375. The van der Waals surface area contributed by atoms with E-state index in [9.17, 15) is 18.9 Å². The van der Waals surface area contributed by atoms with Gasteiger partial charge >= 0.3 is 5.69 Å². The molecule has 0 radical (unpaired) electrons. The smallest absolute Gasteiger partial charge is 0.258 e. The number of halogens is 2. The zero-order chi connectivity index (χ0) is 12.1. The van der Waals surface area contributed by atoms with Crippen LogP contribution in [0.3, 0.4) is 0 Å². The highest BCUT2D eigenvalue weighted by Gasteiger charge is 2.17. The molecular weight excluding hydrogens is 236 g/mol. The van der Waals surface area contributed by atoms with Gasteiger partial charge in [-0.2, -0.15) is 17.0 Å². The Bertz CT molecular complexity index is 480. The van der Waals surface area contributed by atoms with Crippen molar-refractivity contribution in [2.75, 3.05) is 5.75 Å². The van der Waals surface area contributed by atoms with E-state index in [4.69, 9.17) is 0 Å². The second-order valence-corrected chi connectivity index (χ2v) is 3.26. The second kappa shape index (κ2) is 5.47. The van der Waals surface area contributed by atoms with Crippen molar-refractivity contribution in [1.82, 2.24) is 0 Å². The predicted octanol–water partition coefficient (Wildman–Crippen LogP) is 2.54. The van der Waals surface area contributed by atoms with Crippen molar-refractivity contribution in [3.63, 3.8) is 0 Å². The monoisotopic (exact) mass is 243 g/mol. The first-order valence-electron chi connectivity index (χ1n) is 4.29. The van der Waals surface area contributed by atoms with Crippen molar-refractivity contribution in [3.05, 3.63) is 39.4 Å². The summed E-state index contributed by atoms with van der Waals surface area (Å²) >= 11 is 3.90. The number of thiol groups is 1. The molecule has 6 heteroatoms. The minimum atomic E-state index is -1.21. The van der Waals surface area contributed by atoms with E-state index in [1.54, 1.807) is 0 Å². The summed E-state index contributed by atoms with van der Waals surface area (Å²) in [4.78, 5) is 9.48. The Morgan fingerprint density at radius 2 is 2.06 bits per heavy atom. The van der Waals surface area contributed by atoms with Crippen LogP contribution in [0.5, 0.6) is 0 Å². The Morgan fingerprint density at radius 1 is 1.38 bits per heavy atom. The van der Waals surface area contributed by atoms with Crippen LogP contribution in [0.1, 0.15) is 12.0 Å². The Kier molecular flexibility index (Phi) is 4.26. The molecule has 16 heavy (non-hydrogen) atoms. The van der Waals surface area contributed by atoms with Gasteiger partial charge in [-0.1, -0.05) is 11.8 Å². The van der Waals surface area contributed by atoms with Crippen LogP contribution in [0.15, 0.2) is 12.1 Å². The molecule has 0 aliphatic heterocycles. The Morgan fingerprint density at radius 3 is 2.62 bits per heavy atom. The Balaban J connectivity index is 3.16.